The predicted octanol–water partition coefficient (Wildman–Crippen LogP) is 4.19. The number of nitriles is 1. The number of carbonyl (C=O) groups is 1. The molecule has 0 aliphatic heterocycles. The van der Waals surface area contributed by atoms with Crippen LogP contribution in [0.15, 0.2) is 69.9 Å². The fraction of sp³-hybridized carbons (Fsp3) is 0.0476. The molecule has 148 valence electrons. The first-order chi connectivity index (χ1) is 14.6. The average molecular weight is 436 g/mol. The number of halogens is 1. The van der Waals surface area contributed by atoms with E-state index in [4.69, 9.17) is 5.26 Å². The van der Waals surface area contributed by atoms with Crippen molar-refractivity contribution in [3.63, 3.8) is 0 Å². The molecule has 0 fully saturated rings. The Morgan fingerprint density at radius 1 is 1.20 bits per heavy atom. The highest BCUT2D eigenvalue weighted by molar-refractivity contribution is 7.99. The second-order valence-electron chi connectivity index (χ2n) is 6.12. The van der Waals surface area contributed by atoms with Crippen molar-refractivity contribution < 1.29 is 9.18 Å². The molecule has 6 nitrogen and oxygen atoms in total. The van der Waals surface area contributed by atoms with Gasteiger partial charge in [-0.3, -0.25) is 14.2 Å². The molecule has 0 saturated heterocycles. The Morgan fingerprint density at radius 3 is 2.77 bits per heavy atom. The quantitative estimate of drug-likeness (QED) is 0.374. The summed E-state index contributed by atoms with van der Waals surface area (Å²) in [7, 11) is 0. The van der Waals surface area contributed by atoms with Gasteiger partial charge < -0.3 is 5.32 Å². The van der Waals surface area contributed by atoms with Crippen LogP contribution in [-0.4, -0.2) is 21.2 Å². The van der Waals surface area contributed by atoms with E-state index >= 15 is 0 Å². The van der Waals surface area contributed by atoms with Crippen LogP contribution in [0.2, 0.25) is 0 Å². The third-order valence-corrected chi connectivity index (χ3v) is 5.98. The van der Waals surface area contributed by atoms with Crippen LogP contribution in [0.25, 0.3) is 16.6 Å². The minimum Gasteiger partial charge on any atom is -0.316 e. The van der Waals surface area contributed by atoms with Crippen LogP contribution in [0.4, 0.5) is 9.39 Å². The van der Waals surface area contributed by atoms with Gasteiger partial charge in [0, 0.05) is 0 Å². The highest BCUT2D eigenvalue weighted by atomic mass is 32.2. The van der Waals surface area contributed by atoms with E-state index in [1.54, 1.807) is 41.8 Å². The number of fused-ring (bicyclic) bond motifs is 1. The summed E-state index contributed by atoms with van der Waals surface area (Å²) in [6.45, 7) is 0. The van der Waals surface area contributed by atoms with Gasteiger partial charge in [-0.2, -0.15) is 5.26 Å². The third-order valence-electron chi connectivity index (χ3n) is 4.21. The van der Waals surface area contributed by atoms with Crippen molar-refractivity contribution in [2.45, 2.75) is 5.16 Å². The van der Waals surface area contributed by atoms with Crippen molar-refractivity contribution in [3.05, 3.63) is 81.7 Å². The molecular formula is C21H13FN4O2S2. The second-order valence-corrected chi connectivity index (χ2v) is 7.97. The lowest BCUT2D eigenvalue weighted by Crippen LogP contribution is -2.23. The molecule has 2 heterocycles. The number of hydrogen-bond acceptors (Lipinski definition) is 6. The molecule has 2 aromatic carbocycles. The van der Waals surface area contributed by atoms with Crippen molar-refractivity contribution >= 4 is 44.9 Å². The number of thiophene rings is 1. The molecule has 0 spiro atoms. The number of aromatic nitrogens is 2. The van der Waals surface area contributed by atoms with E-state index in [9.17, 15) is 14.0 Å². The number of para-hydroxylation sites is 2. The van der Waals surface area contributed by atoms with E-state index in [1.807, 2.05) is 6.07 Å². The molecule has 30 heavy (non-hydrogen) atoms. The molecule has 0 radical (unpaired) electrons. The Bertz CT molecular complexity index is 1360. The smallest absolute Gasteiger partial charge is 0.266 e. The van der Waals surface area contributed by atoms with E-state index in [0.29, 0.717) is 21.5 Å². The first-order valence-corrected chi connectivity index (χ1v) is 10.6. The number of thioether (sulfide) groups is 1. The molecule has 2 aromatic heterocycles. The summed E-state index contributed by atoms with van der Waals surface area (Å²) < 4.78 is 15.6. The summed E-state index contributed by atoms with van der Waals surface area (Å²) in [5, 5.41) is 14.5. The van der Waals surface area contributed by atoms with Crippen molar-refractivity contribution in [1.82, 2.24) is 9.55 Å². The first-order valence-electron chi connectivity index (χ1n) is 8.75. The van der Waals surface area contributed by atoms with Crippen molar-refractivity contribution in [1.29, 1.82) is 5.26 Å². The van der Waals surface area contributed by atoms with Crippen molar-refractivity contribution in [3.8, 4) is 11.8 Å². The van der Waals surface area contributed by atoms with Gasteiger partial charge in [-0.15, -0.1) is 11.3 Å². The Kier molecular flexibility index (Phi) is 5.61. The van der Waals surface area contributed by atoms with Crippen LogP contribution >= 0.6 is 23.1 Å². The Labute approximate surface area is 178 Å². The molecule has 0 saturated carbocycles. The topological polar surface area (TPSA) is 87.8 Å². The van der Waals surface area contributed by atoms with Crippen molar-refractivity contribution in [2.24, 2.45) is 0 Å². The van der Waals surface area contributed by atoms with E-state index < -0.39 is 11.4 Å². The zero-order chi connectivity index (χ0) is 21.1. The highest BCUT2D eigenvalue weighted by Gasteiger charge is 2.17. The molecule has 0 bridgehead atoms. The Hall–Kier alpha value is -3.48. The number of hydrogen-bond donors (Lipinski definition) is 1. The van der Waals surface area contributed by atoms with Gasteiger partial charge in [0.05, 0.1) is 27.9 Å². The SMILES string of the molecule is N#Cc1ccsc1NC(=O)CSc1nc2ccccc2c(=O)n1-c1ccccc1F. The summed E-state index contributed by atoms with van der Waals surface area (Å²) in [5.41, 5.74) is 0.487. The van der Waals surface area contributed by atoms with Crippen LogP contribution in [0.1, 0.15) is 5.56 Å². The van der Waals surface area contributed by atoms with Gasteiger partial charge in [-0.05, 0) is 35.7 Å². The average Bonchev–Trinajstić information content (AvgIpc) is 3.20. The van der Waals surface area contributed by atoms with E-state index in [2.05, 4.69) is 10.3 Å². The van der Waals surface area contributed by atoms with Gasteiger partial charge in [0.15, 0.2) is 5.16 Å². The van der Waals surface area contributed by atoms with Gasteiger partial charge >= 0.3 is 0 Å². The zero-order valence-electron chi connectivity index (χ0n) is 15.3. The fourth-order valence-corrected chi connectivity index (χ4v) is 4.40. The molecule has 9 heteroatoms. The van der Waals surface area contributed by atoms with Crippen LogP contribution in [0.5, 0.6) is 0 Å². The molecule has 1 N–H and O–H groups in total. The van der Waals surface area contributed by atoms with E-state index in [1.165, 1.54) is 34.1 Å². The van der Waals surface area contributed by atoms with Gasteiger partial charge in [0.2, 0.25) is 5.91 Å². The van der Waals surface area contributed by atoms with Crippen LogP contribution in [-0.2, 0) is 4.79 Å². The number of benzene rings is 2. The summed E-state index contributed by atoms with van der Waals surface area (Å²) >= 11 is 2.26. The van der Waals surface area contributed by atoms with Crippen LogP contribution in [0, 0.1) is 17.1 Å². The third kappa shape index (κ3) is 3.83. The number of carbonyl (C=O) groups excluding carboxylic acids is 1. The molecule has 4 aromatic rings. The molecule has 0 aliphatic rings. The van der Waals surface area contributed by atoms with Gasteiger partial charge in [-0.25, -0.2) is 9.37 Å². The van der Waals surface area contributed by atoms with Gasteiger partial charge in [-0.1, -0.05) is 36.0 Å². The summed E-state index contributed by atoms with van der Waals surface area (Å²) in [6.07, 6.45) is 0. The lowest BCUT2D eigenvalue weighted by molar-refractivity contribution is -0.113. The molecule has 1 amide bonds. The number of amides is 1. The zero-order valence-corrected chi connectivity index (χ0v) is 17.0. The maximum absolute atomic E-state index is 14.5. The minimum atomic E-state index is -0.569. The maximum atomic E-state index is 14.5. The number of nitrogens with one attached hydrogen (secondary N) is 1. The lowest BCUT2D eigenvalue weighted by atomic mass is 10.2. The Morgan fingerprint density at radius 2 is 1.97 bits per heavy atom. The summed E-state index contributed by atoms with van der Waals surface area (Å²) in [6, 6.07) is 16.3. The first kappa shape index (κ1) is 19.8. The van der Waals surface area contributed by atoms with Crippen molar-refractivity contribution in [2.75, 3.05) is 11.1 Å². The molecule has 0 unspecified atom stereocenters. The monoisotopic (exact) mass is 436 g/mol. The molecule has 4 rings (SSSR count). The summed E-state index contributed by atoms with van der Waals surface area (Å²) in [5.74, 6) is -0.996. The standard InChI is InChI=1S/C21H13FN4O2S2/c22-15-6-2-4-8-17(15)26-20(28)14-5-1-3-7-16(14)24-21(26)30-12-18(27)25-19-13(11-23)9-10-29-19/h1-10H,12H2,(H,25,27). The van der Waals surface area contributed by atoms with Crippen LogP contribution in [0.3, 0.4) is 0 Å². The second kappa shape index (κ2) is 8.49. The van der Waals surface area contributed by atoms with Gasteiger partial charge in [0.25, 0.3) is 5.56 Å². The number of anilines is 1. The van der Waals surface area contributed by atoms with E-state index in [0.717, 1.165) is 11.8 Å². The maximum Gasteiger partial charge on any atom is 0.266 e. The fourth-order valence-electron chi connectivity index (χ4n) is 2.84. The predicted molar refractivity (Wildman–Crippen MR) is 116 cm³/mol. The van der Waals surface area contributed by atoms with E-state index in [-0.39, 0.29) is 22.5 Å². The number of nitrogens with zero attached hydrogens (tertiary/aromatic N) is 3. The number of rotatable bonds is 5. The molecular weight excluding hydrogens is 423 g/mol. The Balaban J connectivity index is 1.70. The van der Waals surface area contributed by atoms with Gasteiger partial charge in [0.1, 0.15) is 16.9 Å². The normalized spacial score (nSPS) is 10.7. The molecule has 0 aliphatic carbocycles. The molecule has 0 atom stereocenters. The highest BCUT2D eigenvalue weighted by Crippen LogP contribution is 2.25. The lowest BCUT2D eigenvalue weighted by Gasteiger charge is -2.13. The summed E-state index contributed by atoms with van der Waals surface area (Å²) in [4.78, 5) is 30.0. The minimum absolute atomic E-state index is 0.0636. The largest absolute Gasteiger partial charge is 0.316 e. The van der Waals surface area contributed by atoms with Crippen LogP contribution < -0.4 is 10.9 Å².